The second-order valence-electron chi connectivity index (χ2n) is 0.514. The monoisotopic (exact) mass is 205 g/mol. The van der Waals surface area contributed by atoms with E-state index in [1.54, 1.807) is 0 Å². The van der Waals surface area contributed by atoms with Crippen molar-refractivity contribution in [2.24, 2.45) is 0 Å². The third-order valence-electron chi connectivity index (χ3n) is 0. The zero-order valence-electron chi connectivity index (χ0n) is 3.78. The van der Waals surface area contributed by atoms with Crippen LogP contribution in [0.1, 0.15) is 0 Å². The smallest absolute Gasteiger partial charge is 0.759 e. The molecular formula is CH2CuO6S. The quantitative estimate of drug-likeness (QED) is 0.219. The number of carboxylic acid groups (broad SMARTS) is 1. The van der Waals surface area contributed by atoms with Gasteiger partial charge in [-0.05, 0) is 0 Å². The van der Waals surface area contributed by atoms with Crippen molar-refractivity contribution >= 4 is 16.9 Å². The van der Waals surface area contributed by atoms with E-state index in [2.05, 4.69) is 0 Å². The minimum Gasteiger partial charge on any atom is -0.759 e. The molecular weight excluding hydrogens is 204 g/mol. The van der Waals surface area contributed by atoms with Crippen LogP contribution in [0.15, 0.2) is 0 Å². The van der Waals surface area contributed by atoms with Crippen molar-refractivity contribution in [1.82, 2.24) is 0 Å². The Bertz CT molecular complexity index is 127. The van der Waals surface area contributed by atoms with Crippen molar-refractivity contribution < 1.29 is 44.5 Å². The molecule has 0 spiro atoms. The van der Waals surface area contributed by atoms with Gasteiger partial charge in [-0.25, -0.2) is 0 Å². The molecule has 1 radical (unpaired) electrons. The van der Waals surface area contributed by atoms with Crippen LogP contribution in [0.3, 0.4) is 0 Å². The van der Waals surface area contributed by atoms with Crippen LogP contribution in [0.4, 0.5) is 0 Å². The third kappa shape index (κ3) is 13700. The molecule has 6 nitrogen and oxygen atoms in total. The van der Waals surface area contributed by atoms with E-state index >= 15 is 0 Å². The van der Waals surface area contributed by atoms with Gasteiger partial charge in [-0.2, -0.15) is 0 Å². The van der Waals surface area contributed by atoms with Gasteiger partial charge < -0.3 is 14.2 Å². The van der Waals surface area contributed by atoms with Crippen LogP contribution in [-0.4, -0.2) is 29.1 Å². The molecule has 9 heavy (non-hydrogen) atoms. The summed E-state index contributed by atoms with van der Waals surface area (Å²) in [6, 6.07) is 0. The standard InChI is InChI=1S/CH2O2.Cu.H2O4S/c2-1-3;;1-5(2,3)4/h1H,(H,2,3);;(H2,1,2,3,4)/q;+2;/p-2. The number of rotatable bonds is 0. The first-order chi connectivity index (χ1) is 3.41. The van der Waals surface area contributed by atoms with Crippen LogP contribution in [0.2, 0.25) is 0 Å². The Morgan fingerprint density at radius 3 is 1.33 bits per heavy atom. The van der Waals surface area contributed by atoms with Gasteiger partial charge >= 0.3 is 17.1 Å². The van der Waals surface area contributed by atoms with Gasteiger partial charge in [0, 0.05) is 10.4 Å². The molecule has 8 heteroatoms. The van der Waals surface area contributed by atoms with E-state index in [-0.39, 0.29) is 23.5 Å². The normalized spacial score (nSPS) is 7.78. The predicted octanol–water partition coefficient (Wildman–Crippen LogP) is -1.64. The Hall–Kier alpha value is -0.141. The summed E-state index contributed by atoms with van der Waals surface area (Å²) in [6.45, 7) is -0.250. The van der Waals surface area contributed by atoms with Gasteiger partial charge in [-0.3, -0.25) is 13.2 Å². The van der Waals surface area contributed by atoms with E-state index in [1.807, 2.05) is 0 Å². The van der Waals surface area contributed by atoms with Crippen molar-refractivity contribution in [2.45, 2.75) is 0 Å². The van der Waals surface area contributed by atoms with Gasteiger partial charge in [0.1, 0.15) is 0 Å². The second kappa shape index (κ2) is 7.86. The minimum atomic E-state index is -5.17. The molecule has 0 bridgehead atoms. The molecule has 0 amide bonds. The summed E-state index contributed by atoms with van der Waals surface area (Å²) >= 11 is 0. The molecule has 0 unspecified atom stereocenters. The predicted molar refractivity (Wildman–Crippen MR) is 19.2 cm³/mol. The van der Waals surface area contributed by atoms with Crippen LogP contribution in [0, 0.1) is 0 Å². The fourth-order valence-electron chi connectivity index (χ4n) is 0. The maximum atomic E-state index is 8.52. The van der Waals surface area contributed by atoms with Gasteiger partial charge in [-0.15, -0.1) is 0 Å². The zero-order valence-corrected chi connectivity index (χ0v) is 5.53. The maximum Gasteiger partial charge on any atom is 2.00 e. The molecule has 0 aliphatic heterocycles. The van der Waals surface area contributed by atoms with E-state index in [0.717, 1.165) is 0 Å². The summed E-state index contributed by atoms with van der Waals surface area (Å²) in [4.78, 5) is 8.36. The number of hydrogen-bond acceptors (Lipinski definition) is 5. The molecule has 0 rings (SSSR count). The average Bonchev–Trinajstić information content (AvgIpc) is 1.27. The fourth-order valence-corrected chi connectivity index (χ4v) is 0. The first kappa shape index (κ1) is 15.9. The summed E-state index contributed by atoms with van der Waals surface area (Å²) in [5.41, 5.74) is 0. The average molecular weight is 206 g/mol. The van der Waals surface area contributed by atoms with Crippen LogP contribution in [0.25, 0.3) is 0 Å². The maximum absolute atomic E-state index is 8.52. The van der Waals surface area contributed by atoms with Crippen molar-refractivity contribution in [3.8, 4) is 0 Å². The minimum absolute atomic E-state index is 0. The Morgan fingerprint density at radius 2 is 1.33 bits per heavy atom. The SMILES string of the molecule is O=CO.O=S(=O)([O-])[O-].[Cu+2]. The van der Waals surface area contributed by atoms with Gasteiger partial charge in [-0.1, -0.05) is 0 Å². The molecule has 0 heterocycles. The first-order valence-corrected chi connectivity index (χ1v) is 2.49. The van der Waals surface area contributed by atoms with Crippen LogP contribution < -0.4 is 0 Å². The van der Waals surface area contributed by atoms with Crippen molar-refractivity contribution in [3.63, 3.8) is 0 Å². The number of hydrogen-bond donors (Lipinski definition) is 1. The Kier molecular flexibility index (Phi) is 13.9. The van der Waals surface area contributed by atoms with E-state index in [0.29, 0.717) is 0 Å². The molecule has 1 N–H and O–H groups in total. The molecule has 0 aliphatic rings. The van der Waals surface area contributed by atoms with E-state index in [9.17, 15) is 0 Å². The number of carbonyl (C=O) groups is 1. The third-order valence-corrected chi connectivity index (χ3v) is 0. The summed E-state index contributed by atoms with van der Waals surface area (Å²) in [5.74, 6) is 0. The van der Waals surface area contributed by atoms with Crippen LogP contribution >= 0.6 is 0 Å². The molecule has 0 aromatic rings. The van der Waals surface area contributed by atoms with Crippen molar-refractivity contribution in [1.29, 1.82) is 0 Å². The van der Waals surface area contributed by atoms with Gasteiger partial charge in [0.25, 0.3) is 6.47 Å². The molecule has 59 valence electrons. The summed E-state index contributed by atoms with van der Waals surface area (Å²) in [5, 5.41) is 6.89. The Labute approximate surface area is 61.9 Å². The Balaban J connectivity index is -0.0000000800. The zero-order chi connectivity index (χ0) is 7.21. The topological polar surface area (TPSA) is 118 Å². The molecule has 0 saturated heterocycles. The molecule has 0 aliphatic carbocycles. The molecule has 0 fully saturated rings. The Morgan fingerprint density at radius 1 is 1.33 bits per heavy atom. The van der Waals surface area contributed by atoms with Gasteiger partial charge in [0.2, 0.25) is 0 Å². The molecule has 0 aromatic carbocycles. The van der Waals surface area contributed by atoms with E-state index < -0.39 is 10.4 Å². The van der Waals surface area contributed by atoms with Gasteiger partial charge in [0.15, 0.2) is 0 Å². The fraction of sp³-hybridized carbons (Fsp3) is 0. The van der Waals surface area contributed by atoms with E-state index in [4.69, 9.17) is 27.4 Å². The molecule has 0 saturated carbocycles. The van der Waals surface area contributed by atoms with Crippen molar-refractivity contribution in [2.75, 3.05) is 0 Å². The van der Waals surface area contributed by atoms with Crippen LogP contribution in [0.5, 0.6) is 0 Å². The van der Waals surface area contributed by atoms with E-state index in [1.165, 1.54) is 0 Å². The molecule has 0 atom stereocenters. The van der Waals surface area contributed by atoms with Crippen molar-refractivity contribution in [3.05, 3.63) is 0 Å². The molecule has 0 aromatic heterocycles. The summed E-state index contributed by atoms with van der Waals surface area (Å²) in [7, 11) is -5.17. The largest absolute Gasteiger partial charge is 2.00 e. The summed E-state index contributed by atoms with van der Waals surface area (Å²) < 4.78 is 34.1. The summed E-state index contributed by atoms with van der Waals surface area (Å²) in [6.07, 6.45) is 0. The van der Waals surface area contributed by atoms with Gasteiger partial charge in [0.05, 0.1) is 0 Å². The van der Waals surface area contributed by atoms with Crippen LogP contribution in [-0.2, 0) is 32.3 Å². The second-order valence-corrected chi connectivity index (χ2v) is 1.33. The first-order valence-electron chi connectivity index (χ1n) is 1.16.